The van der Waals surface area contributed by atoms with Crippen molar-refractivity contribution in [3.8, 4) is 17.2 Å². The summed E-state index contributed by atoms with van der Waals surface area (Å²) in [5.41, 5.74) is 2.71. The Morgan fingerprint density at radius 1 is 1.21 bits per heavy atom. The number of carbonyl (C=O) groups is 1. The lowest BCUT2D eigenvalue weighted by Crippen LogP contribution is -2.29. The number of methoxy groups -OCH3 is 1. The zero-order chi connectivity index (χ0) is 20.6. The minimum atomic E-state index is -0.0880. The van der Waals surface area contributed by atoms with Gasteiger partial charge in [-0.15, -0.1) is 0 Å². The molecule has 6 nitrogen and oxygen atoms in total. The number of aryl methyl sites for hydroxylation is 1. The Labute approximate surface area is 171 Å². The Bertz CT molecular complexity index is 980. The standard InChI is InChI=1S/C23H25N3O3/c1-18-16-26(17-24-18)21-11-9-19(15-22(21)28-3)10-12-23(27)25(2)13-14-29-20-7-5-4-6-8-20/h4-12,15-17H,13-14H2,1-3H3. The third kappa shape index (κ3) is 5.48. The van der Waals surface area contributed by atoms with Crippen molar-refractivity contribution in [3.05, 3.63) is 78.4 Å². The summed E-state index contributed by atoms with van der Waals surface area (Å²) in [7, 11) is 3.38. The molecule has 150 valence electrons. The molecule has 0 spiro atoms. The van der Waals surface area contributed by atoms with Crippen molar-refractivity contribution in [2.24, 2.45) is 0 Å². The summed E-state index contributed by atoms with van der Waals surface area (Å²) >= 11 is 0. The predicted octanol–water partition coefficient (Wildman–Crippen LogP) is 3.74. The highest BCUT2D eigenvalue weighted by molar-refractivity contribution is 5.91. The van der Waals surface area contributed by atoms with Gasteiger partial charge in [0.05, 0.1) is 31.4 Å². The monoisotopic (exact) mass is 391 g/mol. The lowest BCUT2D eigenvalue weighted by Gasteiger charge is -2.15. The first-order valence-corrected chi connectivity index (χ1v) is 9.37. The zero-order valence-corrected chi connectivity index (χ0v) is 16.9. The molecule has 0 bridgehead atoms. The van der Waals surface area contributed by atoms with Gasteiger partial charge in [-0.05, 0) is 42.8 Å². The van der Waals surface area contributed by atoms with E-state index in [-0.39, 0.29) is 5.91 Å². The van der Waals surface area contributed by atoms with Gasteiger partial charge in [0, 0.05) is 19.3 Å². The van der Waals surface area contributed by atoms with Crippen LogP contribution in [0.2, 0.25) is 0 Å². The zero-order valence-electron chi connectivity index (χ0n) is 16.9. The maximum Gasteiger partial charge on any atom is 0.246 e. The van der Waals surface area contributed by atoms with E-state index >= 15 is 0 Å². The maximum absolute atomic E-state index is 12.3. The first-order chi connectivity index (χ1) is 14.1. The van der Waals surface area contributed by atoms with Crippen LogP contribution in [0.25, 0.3) is 11.8 Å². The number of rotatable bonds is 8. The number of amides is 1. The number of nitrogens with zero attached hydrogens (tertiary/aromatic N) is 3. The molecule has 0 atom stereocenters. The summed E-state index contributed by atoms with van der Waals surface area (Å²) in [5.74, 6) is 1.42. The van der Waals surface area contributed by atoms with Gasteiger partial charge < -0.3 is 18.9 Å². The lowest BCUT2D eigenvalue weighted by atomic mass is 10.1. The van der Waals surface area contributed by atoms with E-state index in [4.69, 9.17) is 9.47 Å². The van der Waals surface area contributed by atoms with Crippen LogP contribution in [0, 0.1) is 6.92 Å². The smallest absolute Gasteiger partial charge is 0.246 e. The molecular weight excluding hydrogens is 366 g/mol. The number of para-hydroxylation sites is 1. The van der Waals surface area contributed by atoms with Gasteiger partial charge in [0.1, 0.15) is 18.1 Å². The summed E-state index contributed by atoms with van der Waals surface area (Å²) in [6.45, 7) is 2.88. The summed E-state index contributed by atoms with van der Waals surface area (Å²) < 4.78 is 13.0. The molecule has 0 N–H and O–H groups in total. The van der Waals surface area contributed by atoms with Crippen LogP contribution in [-0.2, 0) is 4.79 Å². The van der Waals surface area contributed by atoms with E-state index in [9.17, 15) is 4.79 Å². The van der Waals surface area contributed by atoms with Gasteiger partial charge >= 0.3 is 0 Å². The van der Waals surface area contributed by atoms with Crippen molar-refractivity contribution in [1.82, 2.24) is 14.5 Å². The molecule has 0 aliphatic carbocycles. The second kappa shape index (κ2) is 9.59. The van der Waals surface area contributed by atoms with Crippen LogP contribution in [0.4, 0.5) is 0 Å². The number of ether oxygens (including phenoxy) is 2. The molecule has 0 saturated carbocycles. The average Bonchev–Trinajstić information content (AvgIpc) is 3.18. The van der Waals surface area contributed by atoms with E-state index in [0.717, 1.165) is 22.7 Å². The highest BCUT2D eigenvalue weighted by Crippen LogP contribution is 2.25. The van der Waals surface area contributed by atoms with Gasteiger partial charge in [-0.3, -0.25) is 4.79 Å². The van der Waals surface area contributed by atoms with E-state index in [1.165, 1.54) is 0 Å². The SMILES string of the molecule is COc1cc(C=CC(=O)N(C)CCOc2ccccc2)ccc1-n1cnc(C)c1. The molecule has 1 amide bonds. The number of hydrogen-bond donors (Lipinski definition) is 0. The van der Waals surface area contributed by atoms with Crippen LogP contribution in [0.1, 0.15) is 11.3 Å². The maximum atomic E-state index is 12.3. The molecule has 1 heterocycles. The topological polar surface area (TPSA) is 56.6 Å². The van der Waals surface area contributed by atoms with Crippen molar-refractivity contribution < 1.29 is 14.3 Å². The Hall–Kier alpha value is -3.54. The van der Waals surface area contributed by atoms with Crippen LogP contribution in [0.3, 0.4) is 0 Å². The molecule has 0 aliphatic rings. The number of likely N-dealkylation sites (N-methyl/N-ethyl adjacent to an activating group) is 1. The second-order valence-corrected chi connectivity index (χ2v) is 6.61. The Balaban J connectivity index is 1.59. The van der Waals surface area contributed by atoms with E-state index in [2.05, 4.69) is 4.98 Å². The molecular formula is C23H25N3O3. The van der Waals surface area contributed by atoms with Crippen LogP contribution >= 0.6 is 0 Å². The lowest BCUT2D eigenvalue weighted by molar-refractivity contribution is -0.125. The van der Waals surface area contributed by atoms with E-state index < -0.39 is 0 Å². The van der Waals surface area contributed by atoms with Crippen molar-refractivity contribution >= 4 is 12.0 Å². The normalized spacial score (nSPS) is 10.9. The molecule has 29 heavy (non-hydrogen) atoms. The quantitative estimate of drug-likeness (QED) is 0.549. The third-order valence-electron chi connectivity index (χ3n) is 4.43. The highest BCUT2D eigenvalue weighted by atomic mass is 16.5. The Morgan fingerprint density at radius 2 is 2.00 bits per heavy atom. The number of imidazole rings is 1. The number of carbonyl (C=O) groups excluding carboxylic acids is 1. The largest absolute Gasteiger partial charge is 0.495 e. The number of hydrogen-bond acceptors (Lipinski definition) is 4. The first-order valence-electron chi connectivity index (χ1n) is 9.37. The molecule has 0 unspecified atom stereocenters. The van der Waals surface area contributed by atoms with E-state index in [1.54, 1.807) is 37.5 Å². The molecule has 6 heteroatoms. The molecule has 0 aliphatic heterocycles. The van der Waals surface area contributed by atoms with Crippen LogP contribution in [0.15, 0.2) is 67.1 Å². The van der Waals surface area contributed by atoms with E-state index in [1.807, 2.05) is 66.2 Å². The fourth-order valence-corrected chi connectivity index (χ4v) is 2.79. The minimum absolute atomic E-state index is 0.0880. The first kappa shape index (κ1) is 20.2. The van der Waals surface area contributed by atoms with Crippen molar-refractivity contribution in [1.29, 1.82) is 0 Å². The van der Waals surface area contributed by atoms with Crippen molar-refractivity contribution in [2.75, 3.05) is 27.3 Å². The molecule has 1 aromatic heterocycles. The predicted molar refractivity (Wildman–Crippen MR) is 113 cm³/mol. The Morgan fingerprint density at radius 3 is 2.69 bits per heavy atom. The summed E-state index contributed by atoms with van der Waals surface area (Å²) in [4.78, 5) is 18.2. The molecule has 0 radical (unpaired) electrons. The average molecular weight is 391 g/mol. The summed E-state index contributed by atoms with van der Waals surface area (Å²) in [5, 5.41) is 0. The highest BCUT2D eigenvalue weighted by Gasteiger charge is 2.08. The van der Waals surface area contributed by atoms with Gasteiger partial charge in [0.25, 0.3) is 0 Å². The van der Waals surface area contributed by atoms with Gasteiger partial charge in [-0.25, -0.2) is 4.98 Å². The third-order valence-corrected chi connectivity index (χ3v) is 4.43. The molecule has 3 aromatic rings. The van der Waals surface area contributed by atoms with Crippen LogP contribution < -0.4 is 9.47 Å². The van der Waals surface area contributed by atoms with Gasteiger partial charge in [0.2, 0.25) is 5.91 Å². The molecule has 0 saturated heterocycles. The Kier molecular flexibility index (Phi) is 6.68. The van der Waals surface area contributed by atoms with Crippen molar-refractivity contribution in [2.45, 2.75) is 6.92 Å². The minimum Gasteiger partial charge on any atom is -0.495 e. The van der Waals surface area contributed by atoms with Crippen LogP contribution in [0.5, 0.6) is 11.5 Å². The fourth-order valence-electron chi connectivity index (χ4n) is 2.79. The van der Waals surface area contributed by atoms with Crippen LogP contribution in [-0.4, -0.2) is 47.7 Å². The number of benzene rings is 2. The number of aromatic nitrogens is 2. The molecule has 2 aromatic carbocycles. The molecule has 0 fully saturated rings. The summed E-state index contributed by atoms with van der Waals surface area (Å²) in [6.07, 6.45) is 7.02. The fraction of sp³-hybridized carbons (Fsp3) is 0.217. The van der Waals surface area contributed by atoms with Gasteiger partial charge in [-0.1, -0.05) is 24.3 Å². The second-order valence-electron chi connectivity index (χ2n) is 6.61. The molecule has 3 rings (SSSR count). The van der Waals surface area contributed by atoms with Gasteiger partial charge in [0.15, 0.2) is 0 Å². The van der Waals surface area contributed by atoms with Gasteiger partial charge in [-0.2, -0.15) is 0 Å². The summed E-state index contributed by atoms with van der Waals surface area (Å²) in [6, 6.07) is 15.3. The van der Waals surface area contributed by atoms with Crippen molar-refractivity contribution in [3.63, 3.8) is 0 Å². The van der Waals surface area contributed by atoms with E-state index in [0.29, 0.717) is 18.9 Å².